The van der Waals surface area contributed by atoms with Gasteiger partial charge in [-0.25, -0.2) is 4.98 Å². The summed E-state index contributed by atoms with van der Waals surface area (Å²) in [6.07, 6.45) is 1.62. The first kappa shape index (κ1) is 9.21. The maximum absolute atomic E-state index is 8.82. The van der Waals surface area contributed by atoms with E-state index in [0.29, 0.717) is 5.69 Å². The van der Waals surface area contributed by atoms with Crippen LogP contribution < -0.4 is 3.07 Å². The lowest BCUT2D eigenvalue weighted by molar-refractivity contribution is 0.718. The molecule has 1 heterocycles. The van der Waals surface area contributed by atoms with Gasteiger partial charge in [-0.1, -0.05) is 0 Å². The molecule has 0 atom stereocenters. The lowest BCUT2D eigenvalue weighted by atomic mass is 10.1. The standard InChI is InChI=1S/C10H5IN2O/c11-14-8-1-2-9-7(5-8)3-4-13-10(9)6-12/h1-5H. The van der Waals surface area contributed by atoms with E-state index in [2.05, 4.69) is 11.1 Å². The van der Waals surface area contributed by atoms with Crippen LogP contribution in [0.15, 0.2) is 30.5 Å². The number of nitrogens with zero attached hydrogens (tertiary/aromatic N) is 2. The van der Waals surface area contributed by atoms with E-state index >= 15 is 0 Å². The Bertz CT molecular complexity index is 519. The molecule has 0 fully saturated rings. The molecule has 0 N–H and O–H groups in total. The van der Waals surface area contributed by atoms with Crippen LogP contribution in [0.25, 0.3) is 10.8 Å². The highest BCUT2D eigenvalue weighted by molar-refractivity contribution is 14.1. The van der Waals surface area contributed by atoms with Crippen LogP contribution in [0.3, 0.4) is 0 Å². The monoisotopic (exact) mass is 296 g/mol. The van der Waals surface area contributed by atoms with Crippen molar-refractivity contribution in [2.24, 2.45) is 0 Å². The molecule has 0 aliphatic rings. The molecule has 1 aromatic carbocycles. The molecule has 14 heavy (non-hydrogen) atoms. The highest BCUT2D eigenvalue weighted by Crippen LogP contribution is 2.23. The third-order valence-electron chi connectivity index (χ3n) is 1.93. The first-order valence-electron chi connectivity index (χ1n) is 3.92. The summed E-state index contributed by atoms with van der Waals surface area (Å²) in [7, 11) is 0. The summed E-state index contributed by atoms with van der Waals surface area (Å²) in [6, 6.07) is 9.45. The van der Waals surface area contributed by atoms with Gasteiger partial charge < -0.3 is 3.07 Å². The number of halogens is 1. The summed E-state index contributed by atoms with van der Waals surface area (Å²) in [5.41, 5.74) is 0.447. The fourth-order valence-corrected chi connectivity index (χ4v) is 1.57. The first-order valence-corrected chi connectivity index (χ1v) is 4.80. The van der Waals surface area contributed by atoms with Gasteiger partial charge in [0.15, 0.2) is 23.0 Å². The smallest absolute Gasteiger partial charge is 0.192 e. The maximum Gasteiger partial charge on any atom is 0.192 e. The van der Waals surface area contributed by atoms with Crippen molar-refractivity contribution >= 4 is 33.8 Å². The van der Waals surface area contributed by atoms with Crippen molar-refractivity contribution in [3.63, 3.8) is 0 Å². The van der Waals surface area contributed by atoms with E-state index in [1.165, 1.54) is 0 Å². The predicted octanol–water partition coefficient (Wildman–Crippen LogP) is 2.84. The molecule has 3 nitrogen and oxygen atoms in total. The van der Waals surface area contributed by atoms with Gasteiger partial charge in [-0.05, 0) is 29.7 Å². The average molecular weight is 296 g/mol. The number of nitriles is 1. The molecule has 68 valence electrons. The Balaban J connectivity index is 2.75. The number of hydrogen-bond donors (Lipinski definition) is 0. The van der Waals surface area contributed by atoms with Crippen molar-refractivity contribution < 1.29 is 3.07 Å². The van der Waals surface area contributed by atoms with Crippen molar-refractivity contribution in [2.75, 3.05) is 0 Å². The molecule has 0 saturated heterocycles. The molecule has 4 heteroatoms. The third-order valence-corrected chi connectivity index (χ3v) is 2.44. The Hall–Kier alpha value is -1.35. The van der Waals surface area contributed by atoms with Gasteiger partial charge in [-0.15, -0.1) is 0 Å². The number of rotatable bonds is 1. The van der Waals surface area contributed by atoms with E-state index in [1.807, 2.05) is 47.3 Å². The van der Waals surface area contributed by atoms with Gasteiger partial charge in [0, 0.05) is 11.6 Å². The molecule has 0 aliphatic carbocycles. The maximum atomic E-state index is 8.82. The summed E-state index contributed by atoms with van der Waals surface area (Å²) in [4.78, 5) is 3.98. The van der Waals surface area contributed by atoms with Gasteiger partial charge in [0.2, 0.25) is 0 Å². The van der Waals surface area contributed by atoms with Gasteiger partial charge in [-0.2, -0.15) is 5.26 Å². The Kier molecular flexibility index (Phi) is 2.50. The van der Waals surface area contributed by atoms with E-state index in [1.54, 1.807) is 6.20 Å². The number of hydrogen-bond acceptors (Lipinski definition) is 3. The van der Waals surface area contributed by atoms with E-state index < -0.39 is 0 Å². The van der Waals surface area contributed by atoms with E-state index in [-0.39, 0.29) is 0 Å². The predicted molar refractivity (Wildman–Crippen MR) is 61.1 cm³/mol. The minimum Gasteiger partial charge on any atom is -0.428 e. The summed E-state index contributed by atoms with van der Waals surface area (Å²) in [5, 5.41) is 10.6. The van der Waals surface area contributed by atoms with Gasteiger partial charge in [0.1, 0.15) is 17.5 Å². The molecule has 0 saturated carbocycles. The molecular formula is C10H5IN2O. The van der Waals surface area contributed by atoms with Crippen molar-refractivity contribution in [1.29, 1.82) is 5.26 Å². The third kappa shape index (κ3) is 1.51. The molecule has 0 amide bonds. The molecule has 0 bridgehead atoms. The summed E-state index contributed by atoms with van der Waals surface area (Å²) >= 11 is 1.82. The molecule has 0 radical (unpaired) electrons. The van der Waals surface area contributed by atoms with Crippen LogP contribution in [0.5, 0.6) is 5.75 Å². The molecular weight excluding hydrogens is 291 g/mol. The van der Waals surface area contributed by atoms with Crippen LogP contribution >= 0.6 is 23.0 Å². The number of fused-ring (bicyclic) bond motifs is 1. The molecule has 0 unspecified atom stereocenters. The van der Waals surface area contributed by atoms with Crippen molar-refractivity contribution in [3.8, 4) is 11.8 Å². The van der Waals surface area contributed by atoms with Gasteiger partial charge in [0.25, 0.3) is 0 Å². The van der Waals surface area contributed by atoms with Crippen molar-refractivity contribution in [2.45, 2.75) is 0 Å². The summed E-state index contributed by atoms with van der Waals surface area (Å²) in [5.74, 6) is 0.771. The number of aromatic nitrogens is 1. The van der Waals surface area contributed by atoms with E-state index in [9.17, 15) is 0 Å². The second-order valence-corrected chi connectivity index (χ2v) is 3.17. The molecule has 0 aliphatic heterocycles. The van der Waals surface area contributed by atoms with E-state index in [4.69, 9.17) is 8.33 Å². The lowest BCUT2D eigenvalue weighted by Gasteiger charge is -2.01. The lowest BCUT2D eigenvalue weighted by Crippen LogP contribution is -1.84. The summed E-state index contributed by atoms with van der Waals surface area (Å²) < 4.78 is 5.06. The SMILES string of the molecule is N#Cc1nccc2cc(OI)ccc12. The van der Waals surface area contributed by atoms with Crippen LogP contribution in [0.2, 0.25) is 0 Å². The minimum atomic E-state index is 0.447. The summed E-state index contributed by atoms with van der Waals surface area (Å²) in [6.45, 7) is 0. The Labute approximate surface area is 95.0 Å². The highest BCUT2D eigenvalue weighted by atomic mass is 127. The quantitative estimate of drug-likeness (QED) is 0.760. The van der Waals surface area contributed by atoms with Crippen LogP contribution in [-0.4, -0.2) is 4.98 Å². The highest BCUT2D eigenvalue weighted by Gasteiger charge is 2.02. The molecule has 2 rings (SSSR count). The Morgan fingerprint density at radius 1 is 1.36 bits per heavy atom. The molecule has 2 aromatic rings. The minimum absolute atomic E-state index is 0.447. The van der Waals surface area contributed by atoms with Gasteiger partial charge in [0.05, 0.1) is 0 Å². The molecule has 1 aromatic heterocycles. The Morgan fingerprint density at radius 2 is 2.21 bits per heavy atom. The second kappa shape index (κ2) is 3.80. The van der Waals surface area contributed by atoms with Crippen molar-refractivity contribution in [3.05, 3.63) is 36.2 Å². The van der Waals surface area contributed by atoms with Gasteiger partial charge >= 0.3 is 0 Å². The van der Waals surface area contributed by atoms with Crippen LogP contribution in [0.1, 0.15) is 5.69 Å². The van der Waals surface area contributed by atoms with E-state index in [0.717, 1.165) is 16.5 Å². The fourth-order valence-electron chi connectivity index (χ4n) is 1.29. The molecule has 0 spiro atoms. The Morgan fingerprint density at radius 3 is 2.93 bits per heavy atom. The fraction of sp³-hybridized carbons (Fsp3) is 0. The van der Waals surface area contributed by atoms with Crippen LogP contribution in [-0.2, 0) is 0 Å². The zero-order valence-corrected chi connectivity index (χ0v) is 9.22. The first-order chi connectivity index (χ1) is 6.85. The van der Waals surface area contributed by atoms with Crippen LogP contribution in [0.4, 0.5) is 0 Å². The van der Waals surface area contributed by atoms with Gasteiger partial charge in [-0.3, -0.25) is 0 Å². The largest absolute Gasteiger partial charge is 0.428 e. The van der Waals surface area contributed by atoms with Crippen molar-refractivity contribution in [1.82, 2.24) is 4.98 Å². The normalized spacial score (nSPS) is 9.71. The van der Waals surface area contributed by atoms with Crippen LogP contribution in [0, 0.1) is 11.3 Å². The zero-order chi connectivity index (χ0) is 9.97. The number of benzene rings is 1. The zero-order valence-electron chi connectivity index (χ0n) is 7.07. The average Bonchev–Trinajstić information content (AvgIpc) is 2.27. The topological polar surface area (TPSA) is 45.9 Å². The number of pyridine rings is 1. The second-order valence-electron chi connectivity index (χ2n) is 2.73.